The van der Waals surface area contributed by atoms with E-state index in [-0.39, 0.29) is 0 Å². The van der Waals surface area contributed by atoms with Crippen LogP contribution in [-0.2, 0) is 13.6 Å². The van der Waals surface area contributed by atoms with Crippen LogP contribution in [0.15, 0.2) is 18.2 Å². The third kappa shape index (κ3) is 1.82. The van der Waals surface area contributed by atoms with Crippen LogP contribution in [0, 0.1) is 13.8 Å². The molecule has 3 aromatic rings. The van der Waals surface area contributed by atoms with E-state index in [0.29, 0.717) is 6.54 Å². The van der Waals surface area contributed by atoms with E-state index < -0.39 is 0 Å². The molecule has 2 heterocycles. The zero-order valence-electron chi connectivity index (χ0n) is 11.4. The Bertz CT molecular complexity index is 751. The van der Waals surface area contributed by atoms with Crippen molar-refractivity contribution in [2.75, 3.05) is 0 Å². The molecule has 5 nitrogen and oxygen atoms in total. The summed E-state index contributed by atoms with van der Waals surface area (Å²) < 4.78 is 2.06. The number of nitrogens with two attached hydrogens (primary N) is 1. The number of hydrogen-bond acceptors (Lipinski definition) is 3. The highest BCUT2D eigenvalue weighted by atomic mass is 15.1. The Hall–Kier alpha value is -2.14. The van der Waals surface area contributed by atoms with Crippen molar-refractivity contribution in [3.63, 3.8) is 0 Å². The highest BCUT2D eigenvalue weighted by molar-refractivity contribution is 5.81. The van der Waals surface area contributed by atoms with Crippen LogP contribution >= 0.6 is 0 Å². The molecule has 5 heteroatoms. The number of aromatic nitrogens is 4. The second-order valence-corrected chi connectivity index (χ2v) is 4.78. The van der Waals surface area contributed by atoms with E-state index in [0.717, 1.165) is 39.6 Å². The smallest absolute Gasteiger partial charge is 0.122 e. The van der Waals surface area contributed by atoms with E-state index in [1.165, 1.54) is 0 Å². The van der Waals surface area contributed by atoms with Crippen molar-refractivity contribution in [2.45, 2.75) is 20.4 Å². The van der Waals surface area contributed by atoms with E-state index in [4.69, 9.17) is 5.73 Å². The fourth-order valence-corrected chi connectivity index (χ4v) is 2.56. The Morgan fingerprint density at radius 1 is 1.26 bits per heavy atom. The molecule has 2 aromatic heterocycles. The maximum atomic E-state index is 5.71. The molecule has 0 aliphatic carbocycles. The maximum absolute atomic E-state index is 5.71. The molecule has 0 fully saturated rings. The van der Waals surface area contributed by atoms with Gasteiger partial charge < -0.3 is 15.3 Å². The number of hydrogen-bond donors (Lipinski definition) is 2. The summed E-state index contributed by atoms with van der Waals surface area (Å²) in [6.45, 7) is 4.42. The lowest BCUT2D eigenvalue weighted by molar-refractivity contribution is 0.798. The maximum Gasteiger partial charge on any atom is 0.122 e. The lowest BCUT2D eigenvalue weighted by Gasteiger charge is -2.06. The number of H-pyrrole nitrogens is 1. The number of nitrogens with one attached hydrogen (secondary N) is 1. The van der Waals surface area contributed by atoms with Crippen LogP contribution in [0.4, 0.5) is 0 Å². The lowest BCUT2D eigenvalue weighted by atomic mass is 10.1. The largest absolute Gasteiger partial charge is 0.342 e. The normalized spacial score (nSPS) is 11.4. The molecule has 0 radical (unpaired) electrons. The van der Waals surface area contributed by atoms with Crippen LogP contribution in [0.2, 0.25) is 0 Å². The minimum Gasteiger partial charge on any atom is -0.342 e. The first kappa shape index (κ1) is 11.9. The molecule has 0 saturated heterocycles. The first-order valence-corrected chi connectivity index (χ1v) is 6.29. The van der Waals surface area contributed by atoms with Gasteiger partial charge in [0.05, 0.1) is 29.0 Å². The minimum atomic E-state index is 0.447. The molecule has 0 saturated carbocycles. The predicted molar refractivity (Wildman–Crippen MR) is 75.7 cm³/mol. The van der Waals surface area contributed by atoms with Crippen LogP contribution in [0.25, 0.3) is 22.3 Å². The zero-order valence-corrected chi connectivity index (χ0v) is 11.4. The second-order valence-electron chi connectivity index (χ2n) is 4.78. The van der Waals surface area contributed by atoms with E-state index >= 15 is 0 Å². The van der Waals surface area contributed by atoms with Gasteiger partial charge in [0, 0.05) is 12.6 Å². The van der Waals surface area contributed by atoms with Crippen molar-refractivity contribution in [3.05, 3.63) is 35.5 Å². The molecular weight excluding hydrogens is 238 g/mol. The van der Waals surface area contributed by atoms with Crippen molar-refractivity contribution in [1.29, 1.82) is 0 Å². The average Bonchev–Trinajstić information content (AvgIpc) is 2.87. The van der Waals surface area contributed by atoms with Gasteiger partial charge in [0.2, 0.25) is 0 Å². The van der Waals surface area contributed by atoms with Crippen molar-refractivity contribution in [2.24, 2.45) is 12.8 Å². The number of rotatable bonds is 2. The SMILES string of the molecule is Cc1nc2ccc(-c3c(C)nc(CN)n3C)cc2[nH]1. The monoisotopic (exact) mass is 255 g/mol. The van der Waals surface area contributed by atoms with Gasteiger partial charge in [-0.25, -0.2) is 9.97 Å². The molecule has 0 aliphatic rings. The third-order valence-corrected chi connectivity index (χ3v) is 3.42. The van der Waals surface area contributed by atoms with Crippen molar-refractivity contribution in [1.82, 2.24) is 19.5 Å². The van der Waals surface area contributed by atoms with Crippen molar-refractivity contribution in [3.8, 4) is 11.3 Å². The summed E-state index contributed by atoms with van der Waals surface area (Å²) in [6.07, 6.45) is 0. The molecule has 1 aromatic carbocycles. The Balaban J connectivity index is 2.21. The molecule has 0 aliphatic heterocycles. The van der Waals surface area contributed by atoms with Gasteiger partial charge in [0.1, 0.15) is 11.6 Å². The summed E-state index contributed by atoms with van der Waals surface area (Å²) in [4.78, 5) is 12.2. The highest BCUT2D eigenvalue weighted by Gasteiger charge is 2.13. The Morgan fingerprint density at radius 2 is 2.05 bits per heavy atom. The Labute approximate surface area is 111 Å². The first-order valence-electron chi connectivity index (χ1n) is 6.29. The molecule has 3 N–H and O–H groups in total. The molecule has 0 atom stereocenters. The van der Waals surface area contributed by atoms with E-state index in [1.54, 1.807) is 0 Å². The summed E-state index contributed by atoms with van der Waals surface area (Å²) in [7, 11) is 2.00. The topological polar surface area (TPSA) is 72.5 Å². The molecule has 0 amide bonds. The quantitative estimate of drug-likeness (QED) is 0.736. The summed E-state index contributed by atoms with van der Waals surface area (Å²) in [6, 6.07) is 6.22. The molecule has 19 heavy (non-hydrogen) atoms. The van der Waals surface area contributed by atoms with Gasteiger partial charge in [0.15, 0.2) is 0 Å². The first-order chi connectivity index (χ1) is 9.10. The summed E-state index contributed by atoms with van der Waals surface area (Å²) in [5.74, 6) is 1.82. The number of nitrogens with zero attached hydrogens (tertiary/aromatic N) is 3. The molecule has 98 valence electrons. The molecule has 3 rings (SSSR count). The number of benzene rings is 1. The number of fused-ring (bicyclic) bond motifs is 1. The molecule has 0 spiro atoms. The molecule has 0 bridgehead atoms. The fraction of sp³-hybridized carbons (Fsp3) is 0.286. The summed E-state index contributed by atoms with van der Waals surface area (Å²) in [5, 5.41) is 0. The molecule has 0 unspecified atom stereocenters. The van der Waals surface area contributed by atoms with Crippen molar-refractivity contribution >= 4 is 11.0 Å². The zero-order chi connectivity index (χ0) is 13.6. The number of imidazole rings is 2. The Morgan fingerprint density at radius 3 is 2.74 bits per heavy atom. The van der Waals surface area contributed by atoms with Crippen molar-refractivity contribution < 1.29 is 0 Å². The van der Waals surface area contributed by atoms with Gasteiger partial charge in [-0.3, -0.25) is 0 Å². The van der Waals surface area contributed by atoms with Crippen LogP contribution < -0.4 is 5.73 Å². The Kier molecular flexibility index (Phi) is 2.64. The van der Waals surface area contributed by atoms with Crippen LogP contribution in [0.1, 0.15) is 17.3 Å². The van der Waals surface area contributed by atoms with Crippen LogP contribution in [-0.4, -0.2) is 19.5 Å². The molecular formula is C14H17N5. The summed E-state index contributed by atoms with van der Waals surface area (Å²) in [5.41, 5.74) is 11.0. The van der Waals surface area contributed by atoms with Gasteiger partial charge in [0.25, 0.3) is 0 Å². The minimum absolute atomic E-state index is 0.447. The van der Waals surface area contributed by atoms with E-state index in [9.17, 15) is 0 Å². The predicted octanol–water partition coefficient (Wildman–Crippen LogP) is 2.04. The highest BCUT2D eigenvalue weighted by Crippen LogP contribution is 2.26. The standard InChI is InChI=1S/C14H17N5/c1-8-14(19(3)13(7-15)16-8)10-4-5-11-12(6-10)18-9(2)17-11/h4-6H,7,15H2,1-3H3,(H,17,18). The number of aryl methyl sites for hydroxylation is 2. The second kappa shape index (κ2) is 4.20. The van der Waals surface area contributed by atoms with Gasteiger partial charge in [-0.2, -0.15) is 0 Å². The average molecular weight is 255 g/mol. The van der Waals surface area contributed by atoms with Crippen LogP contribution in [0.3, 0.4) is 0 Å². The number of aromatic amines is 1. The fourth-order valence-electron chi connectivity index (χ4n) is 2.56. The van der Waals surface area contributed by atoms with Gasteiger partial charge >= 0.3 is 0 Å². The third-order valence-electron chi connectivity index (χ3n) is 3.42. The van der Waals surface area contributed by atoms with Crippen LogP contribution in [0.5, 0.6) is 0 Å². The van der Waals surface area contributed by atoms with Gasteiger partial charge in [-0.1, -0.05) is 6.07 Å². The van der Waals surface area contributed by atoms with E-state index in [2.05, 4.69) is 31.7 Å². The summed E-state index contributed by atoms with van der Waals surface area (Å²) >= 11 is 0. The lowest BCUT2D eigenvalue weighted by Crippen LogP contribution is -2.05. The van der Waals surface area contributed by atoms with Gasteiger partial charge in [-0.05, 0) is 26.0 Å². The van der Waals surface area contributed by atoms with E-state index in [1.807, 2.05) is 27.0 Å². The van der Waals surface area contributed by atoms with Gasteiger partial charge in [-0.15, -0.1) is 0 Å².